The Bertz CT molecular complexity index is 392. The van der Waals surface area contributed by atoms with E-state index in [0.717, 1.165) is 0 Å². The van der Waals surface area contributed by atoms with Crippen molar-refractivity contribution in [3.05, 3.63) is 28.0 Å². The molecule has 0 radical (unpaired) electrons. The summed E-state index contributed by atoms with van der Waals surface area (Å²) in [6, 6.07) is 3.16. The van der Waals surface area contributed by atoms with E-state index in [1.807, 2.05) is 0 Å². The van der Waals surface area contributed by atoms with Crippen molar-refractivity contribution in [3.63, 3.8) is 0 Å². The normalized spacial score (nSPS) is 15.7. The fraction of sp³-hybridized carbons (Fsp3) is 0.300. The van der Waals surface area contributed by atoms with Gasteiger partial charge >= 0.3 is 0 Å². The highest BCUT2D eigenvalue weighted by Gasteiger charge is 2.16. The second kappa shape index (κ2) is 3.69. The molecule has 0 saturated heterocycles. The molecule has 1 aromatic rings. The standard InChI is InChI=1S/C10H9BrFNO/c11-6-4-8(12)7-2-1-3-10(14)13-9(7)5-6/h4-5H,1-3H2,(H,13,14). The van der Waals surface area contributed by atoms with Gasteiger partial charge in [-0.25, -0.2) is 4.39 Å². The number of rotatable bonds is 0. The molecule has 0 atom stereocenters. The molecule has 0 unspecified atom stereocenters. The van der Waals surface area contributed by atoms with Crippen molar-refractivity contribution in [1.29, 1.82) is 0 Å². The van der Waals surface area contributed by atoms with Gasteiger partial charge in [-0.05, 0) is 25.0 Å². The summed E-state index contributed by atoms with van der Waals surface area (Å²) in [6.07, 6.45) is 1.79. The molecule has 0 aromatic heterocycles. The zero-order chi connectivity index (χ0) is 10.1. The molecule has 0 saturated carbocycles. The molecule has 1 amide bonds. The van der Waals surface area contributed by atoms with Gasteiger partial charge in [-0.1, -0.05) is 15.9 Å². The van der Waals surface area contributed by atoms with E-state index in [9.17, 15) is 9.18 Å². The van der Waals surface area contributed by atoms with Gasteiger partial charge in [-0.3, -0.25) is 4.79 Å². The summed E-state index contributed by atoms with van der Waals surface area (Å²) < 4.78 is 14.1. The first-order valence-corrected chi connectivity index (χ1v) is 5.24. The molecule has 1 aliphatic rings. The van der Waals surface area contributed by atoms with Crippen molar-refractivity contribution < 1.29 is 9.18 Å². The zero-order valence-corrected chi connectivity index (χ0v) is 9.03. The number of benzene rings is 1. The van der Waals surface area contributed by atoms with Crippen LogP contribution in [-0.2, 0) is 11.2 Å². The van der Waals surface area contributed by atoms with Gasteiger partial charge < -0.3 is 5.32 Å². The lowest BCUT2D eigenvalue weighted by molar-refractivity contribution is -0.116. The molecule has 1 heterocycles. The average Bonchev–Trinajstić information content (AvgIpc) is 2.25. The summed E-state index contributed by atoms with van der Waals surface area (Å²) >= 11 is 3.20. The largest absolute Gasteiger partial charge is 0.326 e. The molecule has 0 spiro atoms. The first-order valence-electron chi connectivity index (χ1n) is 4.44. The van der Waals surface area contributed by atoms with Crippen LogP contribution in [0.3, 0.4) is 0 Å². The average molecular weight is 258 g/mol. The van der Waals surface area contributed by atoms with Crippen LogP contribution in [0.15, 0.2) is 16.6 Å². The number of fused-ring (bicyclic) bond motifs is 1. The number of amides is 1. The minimum Gasteiger partial charge on any atom is -0.326 e. The van der Waals surface area contributed by atoms with Crippen molar-refractivity contribution in [2.75, 3.05) is 5.32 Å². The Morgan fingerprint density at radius 2 is 2.14 bits per heavy atom. The number of anilines is 1. The molecule has 2 nitrogen and oxygen atoms in total. The van der Waals surface area contributed by atoms with Crippen molar-refractivity contribution in [2.24, 2.45) is 0 Å². The Morgan fingerprint density at radius 1 is 1.36 bits per heavy atom. The molecule has 1 N–H and O–H groups in total. The van der Waals surface area contributed by atoms with Gasteiger partial charge in [0.05, 0.1) is 0 Å². The van der Waals surface area contributed by atoms with Crippen LogP contribution < -0.4 is 5.32 Å². The smallest absolute Gasteiger partial charge is 0.224 e. The number of halogens is 2. The van der Waals surface area contributed by atoms with Crippen LogP contribution in [0.25, 0.3) is 0 Å². The fourth-order valence-electron chi connectivity index (χ4n) is 1.61. The summed E-state index contributed by atoms with van der Waals surface area (Å²) in [6.45, 7) is 0. The summed E-state index contributed by atoms with van der Waals surface area (Å²) in [5, 5.41) is 2.70. The van der Waals surface area contributed by atoms with E-state index < -0.39 is 0 Å². The Labute approximate surface area is 89.6 Å². The van der Waals surface area contributed by atoms with Gasteiger partial charge in [0.1, 0.15) is 5.82 Å². The second-order valence-corrected chi connectivity index (χ2v) is 4.23. The zero-order valence-electron chi connectivity index (χ0n) is 7.44. The van der Waals surface area contributed by atoms with Crippen molar-refractivity contribution >= 4 is 27.5 Å². The quantitative estimate of drug-likeness (QED) is 0.761. The monoisotopic (exact) mass is 257 g/mol. The van der Waals surface area contributed by atoms with Gasteiger partial charge in [-0.15, -0.1) is 0 Å². The highest BCUT2D eigenvalue weighted by Crippen LogP contribution is 2.28. The fourth-order valence-corrected chi connectivity index (χ4v) is 2.04. The van der Waals surface area contributed by atoms with Crippen LogP contribution in [0.2, 0.25) is 0 Å². The Hall–Kier alpha value is -0.900. The van der Waals surface area contributed by atoms with Crippen molar-refractivity contribution in [3.8, 4) is 0 Å². The van der Waals surface area contributed by atoms with E-state index in [1.54, 1.807) is 6.07 Å². The van der Waals surface area contributed by atoms with E-state index in [1.165, 1.54) is 6.07 Å². The lowest BCUT2D eigenvalue weighted by Gasteiger charge is -2.07. The van der Waals surface area contributed by atoms with Gasteiger partial charge in [0, 0.05) is 22.1 Å². The maximum absolute atomic E-state index is 13.5. The maximum Gasteiger partial charge on any atom is 0.224 e. The molecule has 0 bridgehead atoms. The van der Waals surface area contributed by atoms with Crippen LogP contribution >= 0.6 is 15.9 Å². The van der Waals surface area contributed by atoms with Crippen LogP contribution in [0.4, 0.5) is 10.1 Å². The van der Waals surface area contributed by atoms with Gasteiger partial charge in [-0.2, -0.15) is 0 Å². The van der Waals surface area contributed by atoms with Crippen molar-refractivity contribution in [2.45, 2.75) is 19.3 Å². The van der Waals surface area contributed by atoms with Crippen LogP contribution in [0.1, 0.15) is 18.4 Å². The van der Waals surface area contributed by atoms with E-state index in [4.69, 9.17) is 0 Å². The number of nitrogens with one attached hydrogen (secondary N) is 1. The highest BCUT2D eigenvalue weighted by atomic mass is 79.9. The molecular formula is C10H9BrFNO. The van der Waals surface area contributed by atoms with Crippen molar-refractivity contribution in [1.82, 2.24) is 0 Å². The summed E-state index contributed by atoms with van der Waals surface area (Å²) in [5.74, 6) is -0.294. The predicted molar refractivity (Wildman–Crippen MR) is 55.7 cm³/mol. The third-order valence-electron chi connectivity index (χ3n) is 2.26. The first-order chi connectivity index (χ1) is 6.66. The molecule has 1 aromatic carbocycles. The predicted octanol–water partition coefficient (Wildman–Crippen LogP) is 2.86. The SMILES string of the molecule is O=C1CCCc2c(F)cc(Br)cc2N1. The van der Waals surface area contributed by atoms with Crippen LogP contribution in [0, 0.1) is 5.82 Å². The van der Waals surface area contributed by atoms with E-state index >= 15 is 0 Å². The summed E-state index contributed by atoms with van der Waals surface area (Å²) in [5.41, 5.74) is 1.21. The highest BCUT2D eigenvalue weighted by molar-refractivity contribution is 9.10. The summed E-state index contributed by atoms with van der Waals surface area (Å²) in [7, 11) is 0. The van der Waals surface area contributed by atoms with Crippen LogP contribution in [-0.4, -0.2) is 5.91 Å². The summed E-state index contributed by atoms with van der Waals surface area (Å²) in [4.78, 5) is 11.2. The number of hydrogen-bond acceptors (Lipinski definition) is 1. The Kier molecular flexibility index (Phi) is 2.54. The molecule has 1 aliphatic heterocycles. The van der Waals surface area contributed by atoms with Gasteiger partial charge in [0.2, 0.25) is 5.91 Å². The topological polar surface area (TPSA) is 29.1 Å². The van der Waals surface area contributed by atoms with E-state index in [2.05, 4.69) is 21.2 Å². The minimum atomic E-state index is -0.253. The van der Waals surface area contributed by atoms with Crippen LogP contribution in [0.5, 0.6) is 0 Å². The molecule has 0 aliphatic carbocycles. The first kappa shape index (κ1) is 9.65. The van der Waals surface area contributed by atoms with Gasteiger partial charge in [0.25, 0.3) is 0 Å². The second-order valence-electron chi connectivity index (χ2n) is 3.32. The number of carbonyl (C=O) groups excluding carboxylic acids is 1. The third kappa shape index (κ3) is 1.80. The lowest BCUT2D eigenvalue weighted by Crippen LogP contribution is -2.09. The molecule has 4 heteroatoms. The van der Waals surface area contributed by atoms with E-state index in [-0.39, 0.29) is 11.7 Å². The minimum absolute atomic E-state index is 0.0405. The van der Waals surface area contributed by atoms with E-state index in [0.29, 0.717) is 35.0 Å². The molecule has 0 fully saturated rings. The third-order valence-corrected chi connectivity index (χ3v) is 2.72. The Balaban J connectivity index is 2.50. The van der Waals surface area contributed by atoms with Gasteiger partial charge in [0.15, 0.2) is 0 Å². The molecule has 74 valence electrons. The molecular weight excluding hydrogens is 249 g/mol. The maximum atomic E-state index is 13.5. The lowest BCUT2D eigenvalue weighted by atomic mass is 10.1. The molecule has 14 heavy (non-hydrogen) atoms. The molecule has 2 rings (SSSR count). The number of hydrogen-bond donors (Lipinski definition) is 1. The Morgan fingerprint density at radius 3 is 2.93 bits per heavy atom. The number of carbonyl (C=O) groups is 1.